The van der Waals surface area contributed by atoms with Crippen LogP contribution in [-0.2, 0) is 18.6 Å². The molecule has 0 aliphatic rings. The van der Waals surface area contributed by atoms with Crippen LogP contribution in [-0.4, -0.2) is 19.7 Å². The molecule has 0 spiro atoms. The van der Waals surface area contributed by atoms with Crippen LogP contribution in [0.15, 0.2) is 75.3 Å². The van der Waals surface area contributed by atoms with Gasteiger partial charge in [0.05, 0.1) is 5.69 Å². The highest BCUT2D eigenvalue weighted by Crippen LogP contribution is 2.34. The van der Waals surface area contributed by atoms with Crippen LogP contribution in [0.4, 0.5) is 0 Å². The summed E-state index contributed by atoms with van der Waals surface area (Å²) < 4.78 is 7.73. The van der Waals surface area contributed by atoms with Crippen LogP contribution in [0.5, 0.6) is 0 Å². The average molecular weight is 497 g/mol. The number of fused-ring (bicyclic) bond motifs is 1. The largest absolute Gasteiger partial charge is 0.422 e. The SMILES string of the molecule is CCc1cccc(CC)c1-n1c(SCc2cc(=O)oc3c(C)c(C)ccc23)nnc1-c1cccnc1. The highest BCUT2D eigenvalue weighted by Gasteiger charge is 2.21. The highest BCUT2D eigenvalue weighted by atomic mass is 32.2. The van der Waals surface area contributed by atoms with Crippen molar-refractivity contribution in [1.82, 2.24) is 19.7 Å². The number of nitrogens with zero attached hydrogens (tertiary/aromatic N) is 4. The van der Waals surface area contributed by atoms with E-state index < -0.39 is 0 Å². The van der Waals surface area contributed by atoms with E-state index in [2.05, 4.69) is 57.9 Å². The zero-order chi connectivity index (χ0) is 25.2. The summed E-state index contributed by atoms with van der Waals surface area (Å²) in [7, 11) is 0. The molecule has 7 heteroatoms. The third kappa shape index (κ3) is 4.35. The topological polar surface area (TPSA) is 73.8 Å². The number of thioether (sulfide) groups is 1. The van der Waals surface area contributed by atoms with Gasteiger partial charge >= 0.3 is 5.63 Å². The Morgan fingerprint density at radius 2 is 1.72 bits per heavy atom. The molecule has 182 valence electrons. The molecule has 0 fully saturated rings. The van der Waals surface area contributed by atoms with Crippen LogP contribution in [0.25, 0.3) is 28.0 Å². The lowest BCUT2D eigenvalue weighted by atomic mass is 10.0. The lowest BCUT2D eigenvalue weighted by molar-refractivity contribution is 0.557. The smallest absolute Gasteiger partial charge is 0.336 e. The number of pyridine rings is 1. The van der Waals surface area contributed by atoms with Crippen molar-refractivity contribution in [3.63, 3.8) is 0 Å². The minimum Gasteiger partial charge on any atom is -0.422 e. The van der Waals surface area contributed by atoms with Crippen molar-refractivity contribution in [2.75, 3.05) is 0 Å². The molecule has 0 aliphatic heterocycles. The maximum Gasteiger partial charge on any atom is 0.336 e. The molecule has 0 radical (unpaired) electrons. The molecule has 0 saturated heterocycles. The fourth-order valence-corrected chi connectivity index (χ4v) is 5.46. The minimum absolute atomic E-state index is 0.339. The lowest BCUT2D eigenvalue weighted by Crippen LogP contribution is -2.07. The van der Waals surface area contributed by atoms with Gasteiger partial charge in [0.2, 0.25) is 0 Å². The molecule has 2 aromatic carbocycles. The number of aromatic nitrogens is 4. The van der Waals surface area contributed by atoms with E-state index in [1.54, 1.807) is 24.0 Å². The minimum atomic E-state index is -0.339. The van der Waals surface area contributed by atoms with Crippen LogP contribution in [0.3, 0.4) is 0 Å². The number of aryl methyl sites for hydroxylation is 4. The predicted octanol–water partition coefficient (Wildman–Crippen LogP) is 6.47. The Balaban J connectivity index is 1.65. The lowest BCUT2D eigenvalue weighted by Gasteiger charge is -2.18. The number of hydrogen-bond donors (Lipinski definition) is 0. The van der Waals surface area contributed by atoms with E-state index in [9.17, 15) is 4.79 Å². The van der Waals surface area contributed by atoms with Crippen molar-refractivity contribution in [3.05, 3.63) is 99.2 Å². The number of rotatable bonds is 7. The fraction of sp³-hybridized carbons (Fsp3) is 0.241. The van der Waals surface area contributed by atoms with Crippen molar-refractivity contribution in [3.8, 4) is 17.1 Å². The van der Waals surface area contributed by atoms with Gasteiger partial charge in [-0.25, -0.2) is 4.79 Å². The molecule has 3 heterocycles. The van der Waals surface area contributed by atoms with Crippen LogP contribution in [0, 0.1) is 13.8 Å². The zero-order valence-corrected chi connectivity index (χ0v) is 21.7. The van der Waals surface area contributed by atoms with Gasteiger partial charge in [-0.2, -0.15) is 0 Å². The zero-order valence-electron chi connectivity index (χ0n) is 20.9. The second kappa shape index (κ2) is 10.1. The summed E-state index contributed by atoms with van der Waals surface area (Å²) >= 11 is 1.57. The molecular weight excluding hydrogens is 468 g/mol. The Labute approximate surface area is 214 Å². The Hall–Kier alpha value is -3.71. The first kappa shape index (κ1) is 24.0. The van der Waals surface area contributed by atoms with E-state index in [0.29, 0.717) is 11.3 Å². The molecule has 36 heavy (non-hydrogen) atoms. The van der Waals surface area contributed by atoms with Crippen molar-refractivity contribution in [2.45, 2.75) is 51.4 Å². The van der Waals surface area contributed by atoms with Gasteiger partial charge in [0, 0.05) is 35.2 Å². The molecule has 0 atom stereocenters. The molecule has 5 rings (SSSR count). The average Bonchev–Trinajstić information content (AvgIpc) is 3.33. The number of benzene rings is 2. The van der Waals surface area contributed by atoms with E-state index in [-0.39, 0.29) is 5.63 Å². The monoisotopic (exact) mass is 496 g/mol. The van der Waals surface area contributed by atoms with Crippen molar-refractivity contribution in [1.29, 1.82) is 0 Å². The predicted molar refractivity (Wildman–Crippen MR) is 145 cm³/mol. The molecule has 6 nitrogen and oxygen atoms in total. The fourth-order valence-electron chi connectivity index (χ4n) is 4.54. The van der Waals surface area contributed by atoms with E-state index >= 15 is 0 Å². The normalized spacial score (nSPS) is 11.3. The second-order valence-electron chi connectivity index (χ2n) is 8.78. The maximum absolute atomic E-state index is 12.4. The van der Waals surface area contributed by atoms with E-state index in [0.717, 1.165) is 57.1 Å². The summed E-state index contributed by atoms with van der Waals surface area (Å²) in [5.41, 5.74) is 7.82. The first-order valence-electron chi connectivity index (χ1n) is 12.1. The highest BCUT2D eigenvalue weighted by molar-refractivity contribution is 7.98. The molecule has 0 N–H and O–H groups in total. The summed E-state index contributed by atoms with van der Waals surface area (Å²) in [6.07, 6.45) is 5.35. The van der Waals surface area contributed by atoms with Gasteiger partial charge in [0.15, 0.2) is 11.0 Å². The van der Waals surface area contributed by atoms with Gasteiger partial charge in [-0.15, -0.1) is 10.2 Å². The molecule has 3 aromatic heterocycles. The van der Waals surface area contributed by atoms with E-state index in [1.165, 1.54) is 11.1 Å². The first-order valence-corrected chi connectivity index (χ1v) is 13.1. The molecule has 0 saturated carbocycles. The van der Waals surface area contributed by atoms with Crippen molar-refractivity contribution >= 4 is 22.7 Å². The Kier molecular flexibility index (Phi) is 6.74. The van der Waals surface area contributed by atoms with Gasteiger partial charge in [0.1, 0.15) is 5.58 Å². The van der Waals surface area contributed by atoms with Gasteiger partial charge in [-0.05, 0) is 66.6 Å². The van der Waals surface area contributed by atoms with Crippen molar-refractivity contribution < 1.29 is 4.42 Å². The molecule has 0 unspecified atom stereocenters. The molecular formula is C29H28N4O2S. The molecule has 0 bridgehead atoms. The first-order chi connectivity index (χ1) is 17.5. The van der Waals surface area contributed by atoms with Crippen LogP contribution >= 0.6 is 11.8 Å². The van der Waals surface area contributed by atoms with E-state index in [4.69, 9.17) is 4.42 Å². The van der Waals surface area contributed by atoms with Crippen LogP contribution in [0.1, 0.15) is 41.7 Å². The third-order valence-corrected chi connectivity index (χ3v) is 7.59. The number of para-hydroxylation sites is 1. The standard InChI is InChI=1S/C29H28N4O2S/c1-5-20-9-7-10-21(6-2)26(20)33-28(22-11-8-14-30-16-22)31-32-29(33)36-17-23-15-25(34)35-27-19(4)18(3)12-13-24(23)27/h7-16H,5-6,17H2,1-4H3. The summed E-state index contributed by atoms with van der Waals surface area (Å²) in [6, 6.07) is 16.0. The van der Waals surface area contributed by atoms with Gasteiger partial charge < -0.3 is 4.42 Å². The van der Waals surface area contributed by atoms with Crippen LogP contribution in [0.2, 0.25) is 0 Å². The Morgan fingerprint density at radius 3 is 2.42 bits per heavy atom. The third-order valence-electron chi connectivity index (χ3n) is 6.62. The van der Waals surface area contributed by atoms with Gasteiger partial charge in [-0.1, -0.05) is 55.9 Å². The maximum atomic E-state index is 12.4. The number of hydrogen-bond acceptors (Lipinski definition) is 6. The molecule has 0 amide bonds. The molecule has 5 aromatic rings. The summed E-state index contributed by atoms with van der Waals surface area (Å²) in [5.74, 6) is 1.32. The second-order valence-corrected chi connectivity index (χ2v) is 9.72. The van der Waals surface area contributed by atoms with Gasteiger partial charge in [-0.3, -0.25) is 9.55 Å². The Bertz CT molecular complexity index is 1580. The van der Waals surface area contributed by atoms with Gasteiger partial charge in [0.25, 0.3) is 0 Å². The van der Waals surface area contributed by atoms with Crippen molar-refractivity contribution in [2.24, 2.45) is 0 Å². The Morgan fingerprint density at radius 1 is 0.944 bits per heavy atom. The quantitative estimate of drug-likeness (QED) is 0.190. The summed E-state index contributed by atoms with van der Waals surface area (Å²) in [6.45, 7) is 8.34. The van der Waals surface area contributed by atoms with E-state index in [1.807, 2.05) is 38.2 Å². The van der Waals surface area contributed by atoms with Crippen LogP contribution < -0.4 is 5.63 Å². The summed E-state index contributed by atoms with van der Waals surface area (Å²) in [5, 5.41) is 10.9. The summed E-state index contributed by atoms with van der Waals surface area (Å²) in [4.78, 5) is 16.7. The molecule has 0 aliphatic carbocycles.